The summed E-state index contributed by atoms with van der Waals surface area (Å²) in [6.07, 6.45) is 5.82. The van der Waals surface area contributed by atoms with Gasteiger partial charge in [-0.25, -0.2) is 4.79 Å². The number of nitrogens with zero attached hydrogens (tertiary/aromatic N) is 5. The number of guanidine groups is 1. The highest BCUT2D eigenvalue weighted by atomic mass is 16.2. The molecule has 12 nitrogen and oxygen atoms in total. The Bertz CT molecular complexity index is 1500. The molecule has 2 saturated carbocycles. The Kier molecular flexibility index (Phi) is 8.80. The molecule has 2 aromatic carbocycles. The molecule has 5 amide bonds. The SMILES string of the molecule is CC(C)(C)C1CCC(N(Cc2ccc(C(=O)N=C(N)/N=N\N)cc2)C(=O)Nc2ccc3c(c2)C(=O)N(CC2CC2)C3=O)CC1. The van der Waals surface area contributed by atoms with Gasteiger partial charge in [0.25, 0.3) is 17.7 Å². The number of nitrogens with one attached hydrogen (secondary N) is 1. The molecule has 0 aromatic heterocycles. The molecule has 232 valence electrons. The molecule has 12 heteroatoms. The summed E-state index contributed by atoms with van der Waals surface area (Å²) in [5, 5.41) is 9.34. The molecule has 44 heavy (non-hydrogen) atoms. The number of nitrogens with two attached hydrogens (primary N) is 2. The third kappa shape index (κ3) is 6.95. The summed E-state index contributed by atoms with van der Waals surface area (Å²) in [7, 11) is 0. The van der Waals surface area contributed by atoms with E-state index in [1.165, 1.54) is 4.90 Å². The van der Waals surface area contributed by atoms with Gasteiger partial charge in [-0.2, -0.15) is 4.99 Å². The van der Waals surface area contributed by atoms with Crippen molar-refractivity contribution in [3.63, 3.8) is 0 Å². The van der Waals surface area contributed by atoms with E-state index in [-0.39, 0.29) is 35.3 Å². The van der Waals surface area contributed by atoms with Gasteiger partial charge < -0.3 is 21.8 Å². The number of amides is 5. The number of benzene rings is 2. The lowest BCUT2D eigenvalue weighted by Gasteiger charge is -2.41. The zero-order chi connectivity index (χ0) is 31.6. The Morgan fingerprint density at radius 2 is 1.61 bits per heavy atom. The van der Waals surface area contributed by atoms with Crippen LogP contribution in [0.25, 0.3) is 0 Å². The first-order valence-electron chi connectivity index (χ1n) is 15.1. The number of imide groups is 1. The maximum Gasteiger partial charge on any atom is 0.322 e. The number of urea groups is 1. The molecular formula is C32H40N8O4. The van der Waals surface area contributed by atoms with E-state index in [1.54, 1.807) is 42.5 Å². The summed E-state index contributed by atoms with van der Waals surface area (Å²) in [5.41, 5.74) is 7.99. The van der Waals surface area contributed by atoms with Crippen LogP contribution in [0.15, 0.2) is 57.8 Å². The second kappa shape index (κ2) is 12.6. The van der Waals surface area contributed by atoms with Crippen LogP contribution in [0, 0.1) is 17.3 Å². The third-order valence-electron chi connectivity index (χ3n) is 8.91. The van der Waals surface area contributed by atoms with Crippen LogP contribution in [0.3, 0.4) is 0 Å². The minimum atomic E-state index is -0.586. The average molecular weight is 601 g/mol. The number of fused-ring (bicyclic) bond motifs is 1. The summed E-state index contributed by atoms with van der Waals surface area (Å²) in [5.74, 6) is 4.40. The van der Waals surface area contributed by atoms with Gasteiger partial charge in [0.05, 0.1) is 11.1 Å². The maximum absolute atomic E-state index is 13.9. The van der Waals surface area contributed by atoms with E-state index in [9.17, 15) is 19.2 Å². The number of anilines is 1. The Balaban J connectivity index is 1.33. The molecule has 2 aliphatic carbocycles. The van der Waals surface area contributed by atoms with Gasteiger partial charge in [0, 0.05) is 30.4 Å². The number of rotatable bonds is 7. The van der Waals surface area contributed by atoms with Crippen molar-refractivity contribution in [3.05, 3.63) is 64.7 Å². The van der Waals surface area contributed by atoms with Gasteiger partial charge >= 0.3 is 6.03 Å². The highest BCUT2D eigenvalue weighted by Gasteiger charge is 2.39. The fraction of sp³-hybridized carbons (Fsp3) is 0.469. The first kappa shape index (κ1) is 30.8. The highest BCUT2D eigenvalue weighted by molar-refractivity contribution is 6.22. The van der Waals surface area contributed by atoms with E-state index < -0.39 is 5.91 Å². The van der Waals surface area contributed by atoms with Crippen LogP contribution in [0.1, 0.15) is 95.9 Å². The average Bonchev–Trinajstić information content (AvgIpc) is 3.78. The van der Waals surface area contributed by atoms with Crippen LogP contribution in [-0.4, -0.2) is 52.1 Å². The monoisotopic (exact) mass is 600 g/mol. The second-order valence-electron chi connectivity index (χ2n) is 13.0. The van der Waals surface area contributed by atoms with E-state index in [0.29, 0.717) is 47.3 Å². The van der Waals surface area contributed by atoms with Crippen molar-refractivity contribution in [2.24, 2.45) is 44.2 Å². The molecule has 2 fully saturated rings. The van der Waals surface area contributed by atoms with Crippen molar-refractivity contribution >= 4 is 35.4 Å². The van der Waals surface area contributed by atoms with Gasteiger partial charge in [-0.1, -0.05) is 43.2 Å². The van der Waals surface area contributed by atoms with Gasteiger partial charge in [-0.15, -0.1) is 0 Å². The van der Waals surface area contributed by atoms with Crippen molar-refractivity contribution in [1.82, 2.24) is 9.80 Å². The Labute approximate surface area is 256 Å². The van der Waals surface area contributed by atoms with Crippen LogP contribution >= 0.6 is 0 Å². The minimum Gasteiger partial charge on any atom is -0.366 e. The molecule has 2 aromatic rings. The second-order valence-corrected chi connectivity index (χ2v) is 13.0. The lowest BCUT2D eigenvalue weighted by Crippen LogP contribution is -2.45. The molecule has 5 N–H and O–H groups in total. The van der Waals surface area contributed by atoms with Crippen molar-refractivity contribution in [2.45, 2.75) is 71.9 Å². The maximum atomic E-state index is 13.9. The molecular weight excluding hydrogens is 560 g/mol. The summed E-state index contributed by atoms with van der Waals surface area (Å²) in [4.78, 5) is 58.9. The molecule has 1 aliphatic heterocycles. The lowest BCUT2D eigenvalue weighted by atomic mass is 9.71. The number of hydrogen-bond donors (Lipinski definition) is 3. The fourth-order valence-electron chi connectivity index (χ4n) is 6.11. The number of aliphatic imine (C=N–C) groups is 1. The molecule has 0 unspecified atom stereocenters. The van der Waals surface area contributed by atoms with Gasteiger partial charge in [0.2, 0.25) is 5.96 Å². The van der Waals surface area contributed by atoms with Crippen molar-refractivity contribution in [2.75, 3.05) is 11.9 Å². The van der Waals surface area contributed by atoms with Crippen molar-refractivity contribution in [3.8, 4) is 0 Å². The van der Waals surface area contributed by atoms with Gasteiger partial charge in [-0.3, -0.25) is 19.3 Å². The van der Waals surface area contributed by atoms with E-state index in [1.807, 2.05) is 4.90 Å². The number of carbonyl (C=O) groups excluding carboxylic acids is 4. The normalized spacial score (nSPS) is 20.6. The first-order chi connectivity index (χ1) is 20.9. The predicted octanol–water partition coefficient (Wildman–Crippen LogP) is 5.11. The quantitative estimate of drug-likeness (QED) is 0.0993. The topological polar surface area (TPSA) is 176 Å². The summed E-state index contributed by atoms with van der Waals surface area (Å²) in [6, 6.07) is 11.4. The molecule has 0 atom stereocenters. The minimum absolute atomic E-state index is 0.00704. The van der Waals surface area contributed by atoms with E-state index in [0.717, 1.165) is 44.1 Å². The van der Waals surface area contributed by atoms with E-state index >= 15 is 0 Å². The molecule has 5 rings (SSSR count). The zero-order valence-electron chi connectivity index (χ0n) is 25.5. The molecule has 3 aliphatic rings. The van der Waals surface area contributed by atoms with Crippen LogP contribution in [-0.2, 0) is 6.54 Å². The van der Waals surface area contributed by atoms with Crippen LogP contribution in [0.5, 0.6) is 0 Å². The van der Waals surface area contributed by atoms with E-state index in [4.69, 9.17) is 11.6 Å². The molecule has 0 saturated heterocycles. The first-order valence-corrected chi connectivity index (χ1v) is 15.1. The van der Waals surface area contributed by atoms with Crippen LogP contribution in [0.4, 0.5) is 10.5 Å². The Hall–Kier alpha value is -4.61. The van der Waals surface area contributed by atoms with Crippen LogP contribution in [0.2, 0.25) is 0 Å². The fourth-order valence-corrected chi connectivity index (χ4v) is 6.11. The molecule has 0 spiro atoms. The van der Waals surface area contributed by atoms with Crippen molar-refractivity contribution in [1.29, 1.82) is 0 Å². The summed E-state index contributed by atoms with van der Waals surface area (Å²) >= 11 is 0. The van der Waals surface area contributed by atoms with Gasteiger partial charge in [0.1, 0.15) is 0 Å². The highest BCUT2D eigenvalue weighted by Crippen LogP contribution is 2.39. The third-order valence-corrected chi connectivity index (χ3v) is 8.91. The molecule has 0 radical (unpaired) electrons. The van der Waals surface area contributed by atoms with Crippen LogP contribution < -0.4 is 16.9 Å². The predicted molar refractivity (Wildman–Crippen MR) is 166 cm³/mol. The summed E-state index contributed by atoms with van der Waals surface area (Å²) < 4.78 is 0. The zero-order valence-corrected chi connectivity index (χ0v) is 25.5. The van der Waals surface area contributed by atoms with Gasteiger partial charge in [0.15, 0.2) is 0 Å². The Morgan fingerprint density at radius 3 is 2.23 bits per heavy atom. The van der Waals surface area contributed by atoms with Crippen molar-refractivity contribution < 1.29 is 19.2 Å². The standard InChI is InChI=1S/C32H40N8O4/c1-32(2,3)22-10-13-24(14-11-22)39(17-20-6-8-21(9-7-20)27(41)36-30(33)37-38-34)31(44)35-23-12-15-25-26(16-23)29(43)40(28(25)42)18-19-4-5-19/h6-9,12,15-16,19,22,24H,4-5,10-11,13-14,17-18H2,1-3H3,(H,35,44)(H4,33,34,36,37,41). The molecule has 0 bridgehead atoms. The van der Waals surface area contributed by atoms with E-state index in [2.05, 4.69) is 41.4 Å². The van der Waals surface area contributed by atoms with Gasteiger partial charge in [-0.05, 0) is 91.7 Å². The lowest BCUT2D eigenvalue weighted by molar-refractivity contribution is 0.0646. The summed E-state index contributed by atoms with van der Waals surface area (Å²) in [6.45, 7) is 7.53. The smallest absolute Gasteiger partial charge is 0.322 e. The Morgan fingerprint density at radius 1 is 0.955 bits per heavy atom. The molecule has 1 heterocycles. The number of hydrogen-bond acceptors (Lipinski definition) is 5. The largest absolute Gasteiger partial charge is 0.366 e. The number of carbonyl (C=O) groups is 4.